The van der Waals surface area contributed by atoms with E-state index in [1.807, 2.05) is 36.4 Å². The van der Waals surface area contributed by atoms with Crippen LogP contribution in [0, 0.1) is 3.57 Å². The number of aromatic nitrogens is 4. The second-order valence-electron chi connectivity index (χ2n) is 4.63. The van der Waals surface area contributed by atoms with Gasteiger partial charge in [-0.15, -0.1) is 10.2 Å². The summed E-state index contributed by atoms with van der Waals surface area (Å²) in [6, 6.07) is 13.1. The smallest absolute Gasteiger partial charge is 0.208 e. The molecule has 0 spiro atoms. The molecule has 0 aliphatic rings. The maximum absolute atomic E-state index is 10.1. The van der Waals surface area contributed by atoms with E-state index in [9.17, 15) is 5.11 Å². The molecule has 112 valence electrons. The van der Waals surface area contributed by atoms with E-state index in [0.717, 1.165) is 14.9 Å². The lowest BCUT2D eigenvalue weighted by Gasteiger charge is -2.02. The first-order valence-electron chi connectivity index (χ1n) is 6.56. The Labute approximate surface area is 140 Å². The van der Waals surface area contributed by atoms with Crippen molar-refractivity contribution in [2.75, 3.05) is 7.11 Å². The summed E-state index contributed by atoms with van der Waals surface area (Å²) < 4.78 is 5.88. The van der Waals surface area contributed by atoms with E-state index in [4.69, 9.17) is 4.74 Å². The molecule has 0 atom stereocenters. The highest BCUT2D eigenvalue weighted by atomic mass is 127. The van der Waals surface area contributed by atoms with Gasteiger partial charge in [-0.2, -0.15) is 4.80 Å². The van der Waals surface area contributed by atoms with Crippen molar-refractivity contribution in [2.24, 2.45) is 0 Å². The Balaban J connectivity index is 1.82. The van der Waals surface area contributed by atoms with E-state index < -0.39 is 0 Å². The quantitative estimate of drug-likeness (QED) is 0.673. The summed E-state index contributed by atoms with van der Waals surface area (Å²) in [6.07, 6.45) is 0. The number of phenolic OH excluding ortho intramolecular Hbond substituents is 1. The first-order valence-corrected chi connectivity index (χ1v) is 7.64. The highest BCUT2D eigenvalue weighted by Gasteiger charge is 2.12. The number of ether oxygens (including phenoxy) is 1. The van der Waals surface area contributed by atoms with Crippen LogP contribution in [0.25, 0.3) is 11.4 Å². The lowest BCUT2D eigenvalue weighted by molar-refractivity contribution is 0.414. The molecular formula is C15H13IN4O2. The van der Waals surface area contributed by atoms with Gasteiger partial charge in [-0.3, -0.25) is 0 Å². The monoisotopic (exact) mass is 408 g/mol. The summed E-state index contributed by atoms with van der Waals surface area (Å²) in [7, 11) is 1.63. The van der Waals surface area contributed by atoms with Crippen LogP contribution in [0.5, 0.6) is 11.5 Å². The second kappa shape index (κ2) is 6.30. The molecule has 3 rings (SSSR count). The lowest BCUT2D eigenvalue weighted by atomic mass is 10.2. The number of rotatable bonds is 4. The normalized spacial score (nSPS) is 10.6. The number of halogens is 1. The highest BCUT2D eigenvalue weighted by molar-refractivity contribution is 14.1. The van der Waals surface area contributed by atoms with E-state index >= 15 is 0 Å². The molecule has 0 saturated heterocycles. The summed E-state index contributed by atoms with van der Waals surface area (Å²) in [5, 5.41) is 22.4. The average molecular weight is 408 g/mol. The van der Waals surface area contributed by atoms with Gasteiger partial charge in [-0.25, -0.2) is 0 Å². The average Bonchev–Trinajstić information content (AvgIpc) is 2.99. The van der Waals surface area contributed by atoms with Crippen molar-refractivity contribution in [3.05, 3.63) is 51.6 Å². The molecule has 0 saturated carbocycles. The molecule has 22 heavy (non-hydrogen) atoms. The summed E-state index contributed by atoms with van der Waals surface area (Å²) in [4.78, 5) is 1.50. The van der Waals surface area contributed by atoms with E-state index in [-0.39, 0.29) is 5.75 Å². The van der Waals surface area contributed by atoms with Gasteiger partial charge < -0.3 is 9.84 Å². The molecule has 7 heteroatoms. The minimum Gasteiger partial charge on any atom is -0.506 e. The van der Waals surface area contributed by atoms with E-state index in [0.29, 0.717) is 17.9 Å². The Morgan fingerprint density at radius 3 is 2.68 bits per heavy atom. The van der Waals surface area contributed by atoms with Gasteiger partial charge in [0.25, 0.3) is 0 Å². The summed E-state index contributed by atoms with van der Waals surface area (Å²) >= 11 is 2.06. The van der Waals surface area contributed by atoms with E-state index in [1.165, 1.54) is 4.80 Å². The predicted octanol–water partition coefficient (Wildman–Crippen LogP) is 2.71. The van der Waals surface area contributed by atoms with Gasteiger partial charge in [0, 0.05) is 0 Å². The van der Waals surface area contributed by atoms with Gasteiger partial charge in [0.15, 0.2) is 0 Å². The molecule has 0 fully saturated rings. The minimum atomic E-state index is 0.173. The molecular weight excluding hydrogens is 395 g/mol. The SMILES string of the molecule is COc1ccc(Cn2nnc(-c3cccc(I)c3O)n2)cc1. The van der Waals surface area contributed by atoms with Gasteiger partial charge in [-0.1, -0.05) is 18.2 Å². The number of nitrogens with zero attached hydrogens (tertiary/aromatic N) is 4. The zero-order valence-corrected chi connectivity index (χ0v) is 13.9. The fourth-order valence-corrected chi connectivity index (χ4v) is 2.51. The van der Waals surface area contributed by atoms with E-state index in [1.54, 1.807) is 13.2 Å². The molecule has 0 unspecified atom stereocenters. The number of para-hydroxylation sites is 1. The summed E-state index contributed by atoms with van der Waals surface area (Å²) in [5.74, 6) is 1.39. The fourth-order valence-electron chi connectivity index (χ4n) is 2.01. The summed E-state index contributed by atoms with van der Waals surface area (Å²) in [5.41, 5.74) is 1.62. The van der Waals surface area contributed by atoms with Crippen molar-refractivity contribution in [3.8, 4) is 22.9 Å². The van der Waals surface area contributed by atoms with Crippen molar-refractivity contribution in [3.63, 3.8) is 0 Å². The number of benzene rings is 2. The van der Waals surface area contributed by atoms with Crippen LogP contribution in [0.1, 0.15) is 5.56 Å². The first kappa shape index (κ1) is 14.8. The minimum absolute atomic E-state index is 0.173. The zero-order valence-electron chi connectivity index (χ0n) is 11.8. The van der Waals surface area contributed by atoms with Crippen LogP contribution < -0.4 is 4.74 Å². The Kier molecular flexibility index (Phi) is 4.23. The molecule has 0 radical (unpaired) electrons. The number of methoxy groups -OCH3 is 1. The van der Waals surface area contributed by atoms with Gasteiger partial charge in [0.05, 0.1) is 22.8 Å². The third kappa shape index (κ3) is 3.03. The number of hydrogen-bond donors (Lipinski definition) is 1. The van der Waals surface area contributed by atoms with Crippen LogP contribution in [0.4, 0.5) is 0 Å². The third-order valence-corrected chi connectivity index (χ3v) is 4.03. The van der Waals surface area contributed by atoms with Gasteiger partial charge in [-0.05, 0) is 57.6 Å². The standard InChI is InChI=1S/C15H13IN4O2/c1-22-11-7-5-10(6-8-11)9-20-18-15(17-19-20)12-3-2-4-13(16)14(12)21/h2-8,21H,9H2,1H3. The fraction of sp³-hybridized carbons (Fsp3) is 0.133. The lowest BCUT2D eigenvalue weighted by Crippen LogP contribution is -2.04. The first-order chi connectivity index (χ1) is 10.7. The number of phenols is 1. The molecule has 6 nitrogen and oxygen atoms in total. The Morgan fingerprint density at radius 1 is 1.18 bits per heavy atom. The topological polar surface area (TPSA) is 73.1 Å². The molecule has 1 N–H and O–H groups in total. The number of hydrogen-bond acceptors (Lipinski definition) is 5. The molecule has 2 aromatic carbocycles. The van der Waals surface area contributed by atoms with Crippen molar-refractivity contribution in [1.82, 2.24) is 20.2 Å². The Bertz CT molecular complexity index is 786. The molecule has 0 bridgehead atoms. The van der Waals surface area contributed by atoms with Crippen molar-refractivity contribution >= 4 is 22.6 Å². The van der Waals surface area contributed by atoms with Crippen LogP contribution in [-0.4, -0.2) is 32.4 Å². The molecule has 0 aliphatic carbocycles. The van der Waals surface area contributed by atoms with Crippen LogP contribution >= 0.6 is 22.6 Å². The van der Waals surface area contributed by atoms with E-state index in [2.05, 4.69) is 38.0 Å². The third-order valence-electron chi connectivity index (χ3n) is 3.16. The number of aromatic hydroxyl groups is 1. The van der Waals surface area contributed by atoms with Crippen molar-refractivity contribution < 1.29 is 9.84 Å². The largest absolute Gasteiger partial charge is 0.506 e. The van der Waals surface area contributed by atoms with Crippen LogP contribution in [0.3, 0.4) is 0 Å². The second-order valence-corrected chi connectivity index (χ2v) is 5.79. The molecule has 1 heterocycles. The molecule has 1 aromatic heterocycles. The maximum atomic E-state index is 10.1. The van der Waals surface area contributed by atoms with Gasteiger partial charge in [0.1, 0.15) is 11.5 Å². The maximum Gasteiger partial charge on any atom is 0.208 e. The highest BCUT2D eigenvalue weighted by Crippen LogP contribution is 2.30. The van der Waals surface area contributed by atoms with Crippen molar-refractivity contribution in [1.29, 1.82) is 0 Å². The van der Waals surface area contributed by atoms with Gasteiger partial charge in [0.2, 0.25) is 5.82 Å². The Morgan fingerprint density at radius 2 is 1.95 bits per heavy atom. The molecule has 0 aliphatic heterocycles. The van der Waals surface area contributed by atoms with Gasteiger partial charge >= 0.3 is 0 Å². The number of tetrazole rings is 1. The van der Waals surface area contributed by atoms with Crippen LogP contribution in [0.2, 0.25) is 0 Å². The van der Waals surface area contributed by atoms with Crippen LogP contribution in [0.15, 0.2) is 42.5 Å². The summed E-state index contributed by atoms with van der Waals surface area (Å²) in [6.45, 7) is 0.502. The van der Waals surface area contributed by atoms with Crippen LogP contribution in [-0.2, 0) is 6.54 Å². The van der Waals surface area contributed by atoms with Crippen molar-refractivity contribution in [2.45, 2.75) is 6.54 Å². The molecule has 3 aromatic rings. The predicted molar refractivity (Wildman–Crippen MR) is 89.7 cm³/mol. The zero-order chi connectivity index (χ0) is 15.5. The Hall–Kier alpha value is -2.16. The molecule has 0 amide bonds.